The molecule has 1 aromatic rings. The monoisotopic (exact) mass is 330 g/mol. The lowest BCUT2D eigenvalue weighted by molar-refractivity contribution is 0.0548. The molecular weight excluding hydrogens is 311 g/mol. The Labute approximate surface area is 126 Å². The smallest absolute Gasteiger partial charge is 0.350 e. The number of H-pyrrole nitrogens is 1. The number of aromatic nitrogens is 2. The van der Waals surface area contributed by atoms with E-state index >= 15 is 0 Å². The summed E-state index contributed by atoms with van der Waals surface area (Å²) in [6.07, 6.45) is 6.02. The summed E-state index contributed by atoms with van der Waals surface area (Å²) in [7, 11) is -4.22. The molecule has 1 aliphatic rings. The average Bonchev–Trinajstić information content (AvgIpc) is 2.83. The van der Waals surface area contributed by atoms with Crippen molar-refractivity contribution in [3.8, 4) is 0 Å². The van der Waals surface area contributed by atoms with Crippen molar-refractivity contribution < 1.29 is 19.1 Å². The molecule has 0 aromatic carbocycles. The van der Waals surface area contributed by atoms with Gasteiger partial charge in [-0.2, -0.15) is 0 Å². The predicted octanol–water partition coefficient (Wildman–Crippen LogP) is 0.333. The number of nitrogens with one attached hydrogen (secondary N) is 1. The number of allylic oxidation sites excluding steroid dienone is 2. The fourth-order valence-electron chi connectivity index (χ4n) is 2.52. The number of ether oxygens (including phenoxy) is 1. The fraction of sp³-hybridized carbons (Fsp3) is 0.538. The van der Waals surface area contributed by atoms with Crippen LogP contribution >= 0.6 is 7.60 Å². The summed E-state index contributed by atoms with van der Waals surface area (Å²) in [4.78, 5) is 43.2. The number of aryl methyl sites for hydroxylation is 1. The van der Waals surface area contributed by atoms with E-state index in [0.717, 1.165) is 0 Å². The third-order valence-corrected chi connectivity index (χ3v) is 4.15. The van der Waals surface area contributed by atoms with Crippen molar-refractivity contribution in [2.75, 3.05) is 13.0 Å². The van der Waals surface area contributed by atoms with E-state index in [1.54, 1.807) is 6.92 Å². The molecule has 1 aromatic heterocycles. The molecule has 0 aliphatic heterocycles. The van der Waals surface area contributed by atoms with Crippen LogP contribution in [0.4, 0.5) is 0 Å². The number of rotatable bonds is 6. The zero-order chi connectivity index (χ0) is 16.4. The largest absolute Gasteiger partial charge is 0.368 e. The Morgan fingerprint density at radius 3 is 2.59 bits per heavy atom. The van der Waals surface area contributed by atoms with Gasteiger partial charge in [0, 0.05) is 23.7 Å². The molecule has 1 aliphatic carbocycles. The van der Waals surface area contributed by atoms with Crippen molar-refractivity contribution in [1.82, 2.24) is 9.55 Å². The van der Waals surface area contributed by atoms with Gasteiger partial charge < -0.3 is 14.5 Å². The molecule has 0 spiro atoms. The van der Waals surface area contributed by atoms with E-state index in [0.29, 0.717) is 24.9 Å². The van der Waals surface area contributed by atoms with Gasteiger partial charge in [-0.05, 0) is 19.8 Å². The summed E-state index contributed by atoms with van der Waals surface area (Å²) in [5.74, 6) is 0. The van der Waals surface area contributed by atoms with Crippen molar-refractivity contribution in [1.29, 1.82) is 0 Å². The Morgan fingerprint density at radius 2 is 2.00 bits per heavy atom. The molecule has 0 atom stereocenters. The van der Waals surface area contributed by atoms with E-state index in [-0.39, 0.29) is 6.61 Å². The first kappa shape index (κ1) is 16.9. The molecule has 122 valence electrons. The van der Waals surface area contributed by atoms with Crippen LogP contribution in [0.1, 0.15) is 18.4 Å². The zero-order valence-electron chi connectivity index (χ0n) is 12.2. The van der Waals surface area contributed by atoms with Crippen molar-refractivity contribution >= 4 is 7.60 Å². The van der Waals surface area contributed by atoms with Gasteiger partial charge in [0.15, 0.2) is 0 Å². The highest BCUT2D eigenvalue weighted by molar-refractivity contribution is 7.51. The van der Waals surface area contributed by atoms with Crippen molar-refractivity contribution in [2.24, 2.45) is 5.41 Å². The van der Waals surface area contributed by atoms with Crippen LogP contribution in [0.5, 0.6) is 0 Å². The first-order chi connectivity index (χ1) is 10.2. The molecular formula is C13H19N2O6P. The Morgan fingerprint density at radius 1 is 1.36 bits per heavy atom. The minimum Gasteiger partial charge on any atom is -0.368 e. The molecule has 0 saturated carbocycles. The molecule has 0 saturated heterocycles. The van der Waals surface area contributed by atoms with Gasteiger partial charge in [-0.3, -0.25) is 18.9 Å². The van der Waals surface area contributed by atoms with E-state index in [9.17, 15) is 14.2 Å². The highest BCUT2D eigenvalue weighted by atomic mass is 31.2. The van der Waals surface area contributed by atoms with Crippen LogP contribution in [-0.4, -0.2) is 32.3 Å². The SMILES string of the molecule is Cc1cn(CC2(COCP(=O)(O)O)CC=CC2)c(=O)[nH]c1=O. The molecule has 8 nitrogen and oxygen atoms in total. The minimum absolute atomic E-state index is 0.121. The van der Waals surface area contributed by atoms with E-state index < -0.39 is 30.6 Å². The normalized spacial score (nSPS) is 17.0. The summed E-state index contributed by atoms with van der Waals surface area (Å²) in [5, 5.41) is 0. The average molecular weight is 330 g/mol. The Hall–Kier alpha value is -1.47. The summed E-state index contributed by atoms with van der Waals surface area (Å²) in [5.41, 5.74) is -0.935. The van der Waals surface area contributed by atoms with Crippen LogP contribution < -0.4 is 11.2 Å². The molecule has 2 rings (SSSR count). The van der Waals surface area contributed by atoms with Crippen molar-refractivity contribution in [3.05, 3.63) is 44.8 Å². The van der Waals surface area contributed by atoms with Crippen LogP contribution in [0.2, 0.25) is 0 Å². The van der Waals surface area contributed by atoms with Crippen LogP contribution in [-0.2, 0) is 15.8 Å². The zero-order valence-corrected chi connectivity index (χ0v) is 13.1. The molecule has 0 amide bonds. The quantitative estimate of drug-likeness (QED) is 0.510. The number of aromatic amines is 1. The maximum absolute atomic E-state index is 11.9. The van der Waals surface area contributed by atoms with E-state index in [1.165, 1.54) is 10.8 Å². The first-order valence-electron chi connectivity index (χ1n) is 6.79. The second kappa shape index (κ2) is 6.34. The Kier molecular flexibility index (Phi) is 4.87. The molecule has 9 heteroatoms. The summed E-state index contributed by atoms with van der Waals surface area (Å²) in [6, 6.07) is 0. The lowest BCUT2D eigenvalue weighted by Gasteiger charge is -2.29. The lowest BCUT2D eigenvalue weighted by atomic mass is 9.86. The van der Waals surface area contributed by atoms with Crippen LogP contribution in [0, 0.1) is 12.3 Å². The van der Waals surface area contributed by atoms with Gasteiger partial charge in [0.05, 0.1) is 6.61 Å². The predicted molar refractivity (Wildman–Crippen MR) is 79.7 cm³/mol. The van der Waals surface area contributed by atoms with E-state index in [2.05, 4.69) is 4.98 Å². The van der Waals surface area contributed by atoms with Crippen molar-refractivity contribution in [2.45, 2.75) is 26.3 Å². The molecule has 0 radical (unpaired) electrons. The highest BCUT2D eigenvalue weighted by Gasteiger charge is 2.33. The number of hydrogen-bond acceptors (Lipinski definition) is 4. The van der Waals surface area contributed by atoms with Crippen LogP contribution in [0.15, 0.2) is 27.9 Å². The second-order valence-electron chi connectivity index (χ2n) is 5.72. The topological polar surface area (TPSA) is 122 Å². The minimum atomic E-state index is -4.22. The molecule has 0 fully saturated rings. The second-order valence-corrected chi connectivity index (χ2v) is 7.31. The van der Waals surface area contributed by atoms with Gasteiger partial charge in [0.25, 0.3) is 5.56 Å². The number of hydrogen-bond donors (Lipinski definition) is 3. The standard InChI is InChI=1S/C13H19N2O6P/c1-10-6-15(12(17)14-11(10)16)7-13(4-2-3-5-13)8-21-9-22(18,19)20/h2-3,6H,4-5,7-9H2,1H3,(H,14,16,17)(H2,18,19,20). The Balaban J connectivity index is 2.15. The van der Waals surface area contributed by atoms with Gasteiger partial charge in [-0.25, -0.2) is 4.79 Å². The van der Waals surface area contributed by atoms with Crippen molar-refractivity contribution in [3.63, 3.8) is 0 Å². The maximum Gasteiger partial charge on any atom is 0.350 e. The Bertz CT molecular complexity index is 721. The van der Waals surface area contributed by atoms with Gasteiger partial charge in [0.2, 0.25) is 0 Å². The number of nitrogens with zero attached hydrogens (tertiary/aromatic N) is 1. The molecule has 22 heavy (non-hydrogen) atoms. The van der Waals surface area contributed by atoms with Gasteiger partial charge in [0.1, 0.15) is 6.35 Å². The summed E-state index contributed by atoms with van der Waals surface area (Å²) in [6.45, 7) is 2.03. The molecule has 0 bridgehead atoms. The maximum atomic E-state index is 11.9. The third-order valence-electron chi connectivity index (χ3n) is 3.63. The van der Waals surface area contributed by atoms with E-state index in [4.69, 9.17) is 14.5 Å². The first-order valence-corrected chi connectivity index (χ1v) is 8.58. The third kappa shape index (κ3) is 4.27. The van der Waals surface area contributed by atoms with Gasteiger partial charge in [-0.15, -0.1) is 0 Å². The van der Waals surface area contributed by atoms with Gasteiger partial charge in [-0.1, -0.05) is 12.2 Å². The summed E-state index contributed by atoms with van der Waals surface area (Å²) < 4.78 is 17.4. The molecule has 0 unspecified atom stereocenters. The van der Waals surface area contributed by atoms with Crippen LogP contribution in [0.25, 0.3) is 0 Å². The fourth-order valence-corrected chi connectivity index (χ4v) is 2.85. The van der Waals surface area contributed by atoms with Gasteiger partial charge >= 0.3 is 13.3 Å². The van der Waals surface area contributed by atoms with E-state index in [1.807, 2.05) is 12.2 Å². The highest BCUT2D eigenvalue weighted by Crippen LogP contribution is 2.38. The summed E-state index contributed by atoms with van der Waals surface area (Å²) >= 11 is 0. The molecule has 1 heterocycles. The lowest BCUT2D eigenvalue weighted by Crippen LogP contribution is -2.38. The van der Waals surface area contributed by atoms with Crippen LogP contribution in [0.3, 0.4) is 0 Å². The molecule has 3 N–H and O–H groups in total.